The molecule has 4 aromatic rings. The lowest BCUT2D eigenvalue weighted by molar-refractivity contribution is -0.139. The molecule has 0 bridgehead atoms. The summed E-state index contributed by atoms with van der Waals surface area (Å²) in [6.45, 7) is 5.47. The third-order valence-corrected chi connectivity index (χ3v) is 7.34. The first-order chi connectivity index (χ1) is 19.8. The molecule has 8 nitrogen and oxygen atoms in total. The van der Waals surface area contributed by atoms with E-state index >= 15 is 0 Å². The molecule has 0 aliphatic carbocycles. The first-order valence-electron chi connectivity index (χ1n) is 13.5. The third kappa shape index (κ3) is 6.05. The zero-order valence-corrected chi connectivity index (χ0v) is 23.4. The lowest BCUT2D eigenvalue weighted by Gasteiger charge is -2.35. The van der Waals surface area contributed by atoms with Gasteiger partial charge in [-0.25, -0.2) is 4.98 Å². The second-order valence-electron chi connectivity index (χ2n) is 11.5. The summed E-state index contributed by atoms with van der Waals surface area (Å²) >= 11 is 0. The van der Waals surface area contributed by atoms with Crippen LogP contribution in [0.3, 0.4) is 0 Å². The minimum Gasteiger partial charge on any atom is -0.488 e. The Kier molecular flexibility index (Phi) is 7.61. The number of benzene rings is 3. The SMILES string of the molecule is CC(C)(C)[C@H](Nc1cccc(C(F)(F)F)c1)C(=O)N1C[C@H](Oc2ccc3ncn(-c4ccccc4)c3c2)C[C@H]1C(N)=O. The maximum atomic E-state index is 13.9. The normalized spacial score (nSPS) is 18.2. The van der Waals surface area contributed by atoms with Crippen LogP contribution >= 0.6 is 0 Å². The van der Waals surface area contributed by atoms with Crippen LogP contribution in [-0.2, 0) is 15.8 Å². The lowest BCUT2D eigenvalue weighted by Crippen LogP contribution is -2.53. The first-order valence-corrected chi connectivity index (χ1v) is 13.5. The summed E-state index contributed by atoms with van der Waals surface area (Å²) in [5, 5.41) is 2.98. The molecule has 1 aliphatic heterocycles. The first kappa shape index (κ1) is 29.0. The van der Waals surface area contributed by atoms with Gasteiger partial charge in [0.15, 0.2) is 0 Å². The van der Waals surface area contributed by atoms with Crippen LogP contribution in [0.5, 0.6) is 5.75 Å². The van der Waals surface area contributed by atoms with Gasteiger partial charge in [-0.15, -0.1) is 0 Å². The number of hydrogen-bond donors (Lipinski definition) is 2. The molecular formula is C31H32F3N5O3. The number of fused-ring (bicyclic) bond motifs is 1. The van der Waals surface area contributed by atoms with Gasteiger partial charge < -0.3 is 20.7 Å². The van der Waals surface area contributed by atoms with E-state index in [-0.39, 0.29) is 18.7 Å². The Hall–Kier alpha value is -4.54. The monoisotopic (exact) mass is 579 g/mol. The number of hydrogen-bond acceptors (Lipinski definition) is 5. The standard InChI is InChI=1S/C31H32F3N5O3/c1-30(2,3)27(37-20-9-7-8-19(14-20)31(32,33)34)29(41)38-17-23(16-26(38)28(35)40)42-22-12-13-24-25(15-22)39(18-36-24)21-10-5-4-6-11-21/h4-15,18,23,26-27,37H,16-17H2,1-3H3,(H2,35,40)/t23-,26+,27-/m1/s1. The van der Waals surface area contributed by atoms with Gasteiger partial charge in [-0.1, -0.05) is 45.0 Å². The highest BCUT2D eigenvalue weighted by atomic mass is 19.4. The average molecular weight is 580 g/mol. The van der Waals surface area contributed by atoms with E-state index in [2.05, 4.69) is 10.3 Å². The van der Waals surface area contributed by atoms with Gasteiger partial charge in [0.05, 0.1) is 23.1 Å². The zero-order chi connectivity index (χ0) is 30.2. The van der Waals surface area contributed by atoms with Crippen LogP contribution in [0.2, 0.25) is 0 Å². The fourth-order valence-electron chi connectivity index (χ4n) is 5.21. The van der Waals surface area contributed by atoms with Gasteiger partial charge in [-0.2, -0.15) is 13.2 Å². The smallest absolute Gasteiger partial charge is 0.416 e. The number of aromatic nitrogens is 2. The largest absolute Gasteiger partial charge is 0.488 e. The summed E-state index contributed by atoms with van der Waals surface area (Å²) in [4.78, 5) is 32.2. The number of alkyl halides is 3. The zero-order valence-electron chi connectivity index (χ0n) is 23.4. The minimum atomic E-state index is -4.53. The van der Waals surface area contributed by atoms with Crippen molar-refractivity contribution in [1.29, 1.82) is 0 Å². The molecule has 220 valence electrons. The molecule has 2 amide bonds. The van der Waals surface area contributed by atoms with E-state index in [1.165, 1.54) is 17.0 Å². The highest BCUT2D eigenvalue weighted by Gasteiger charge is 2.44. The highest BCUT2D eigenvalue weighted by molar-refractivity contribution is 5.91. The summed E-state index contributed by atoms with van der Waals surface area (Å²) < 4.78 is 48.1. The van der Waals surface area contributed by atoms with Crippen LogP contribution < -0.4 is 15.8 Å². The summed E-state index contributed by atoms with van der Waals surface area (Å²) in [6, 6.07) is 18.0. The summed E-state index contributed by atoms with van der Waals surface area (Å²) in [7, 11) is 0. The van der Waals surface area contributed by atoms with Crippen molar-refractivity contribution >= 4 is 28.5 Å². The van der Waals surface area contributed by atoms with Gasteiger partial charge >= 0.3 is 6.18 Å². The number of nitrogens with zero attached hydrogens (tertiary/aromatic N) is 3. The maximum Gasteiger partial charge on any atom is 0.416 e. The lowest BCUT2D eigenvalue weighted by atomic mass is 9.85. The summed E-state index contributed by atoms with van der Waals surface area (Å²) in [6.07, 6.45) is -3.16. The number of amides is 2. The van der Waals surface area contributed by atoms with Gasteiger partial charge in [-0.05, 0) is 47.9 Å². The number of nitrogens with one attached hydrogen (secondary N) is 1. The Labute approximate surface area is 241 Å². The molecular weight excluding hydrogens is 547 g/mol. The van der Waals surface area contributed by atoms with Crippen molar-refractivity contribution in [3.63, 3.8) is 0 Å². The molecule has 3 aromatic carbocycles. The van der Waals surface area contributed by atoms with Crippen LogP contribution in [0.15, 0.2) is 79.1 Å². The fourth-order valence-corrected chi connectivity index (χ4v) is 5.21. The topological polar surface area (TPSA) is 102 Å². The van der Waals surface area contributed by atoms with Crippen molar-refractivity contribution in [2.45, 2.75) is 51.6 Å². The Morgan fingerprint density at radius 1 is 1.02 bits per heavy atom. The Morgan fingerprint density at radius 2 is 1.76 bits per heavy atom. The van der Waals surface area contributed by atoms with Gasteiger partial charge in [0.1, 0.15) is 30.3 Å². The van der Waals surface area contributed by atoms with E-state index in [0.29, 0.717) is 5.75 Å². The molecule has 1 saturated heterocycles. The van der Waals surface area contributed by atoms with Crippen LogP contribution in [0.1, 0.15) is 32.8 Å². The van der Waals surface area contributed by atoms with E-state index in [4.69, 9.17) is 10.5 Å². The average Bonchev–Trinajstić information content (AvgIpc) is 3.55. The molecule has 1 aliphatic rings. The molecule has 11 heteroatoms. The van der Waals surface area contributed by atoms with Gasteiger partial charge in [-0.3, -0.25) is 14.2 Å². The molecule has 1 fully saturated rings. The van der Waals surface area contributed by atoms with E-state index < -0.39 is 47.2 Å². The number of anilines is 1. The number of halogens is 3. The number of primary amides is 1. The minimum absolute atomic E-state index is 0.0826. The Balaban J connectivity index is 1.37. The van der Waals surface area contributed by atoms with Crippen molar-refractivity contribution in [3.8, 4) is 11.4 Å². The predicted molar refractivity (Wildman–Crippen MR) is 153 cm³/mol. The highest BCUT2D eigenvalue weighted by Crippen LogP contribution is 2.34. The molecule has 1 aromatic heterocycles. The van der Waals surface area contributed by atoms with Crippen LogP contribution in [-0.4, -0.2) is 51.0 Å². The molecule has 0 saturated carbocycles. The van der Waals surface area contributed by atoms with Crippen LogP contribution in [0, 0.1) is 5.41 Å². The van der Waals surface area contributed by atoms with Crippen molar-refractivity contribution in [2.75, 3.05) is 11.9 Å². The number of nitrogens with two attached hydrogens (primary N) is 1. The number of imidazole rings is 1. The van der Waals surface area contributed by atoms with Crippen molar-refractivity contribution in [3.05, 3.63) is 84.7 Å². The third-order valence-electron chi connectivity index (χ3n) is 7.34. The molecule has 0 spiro atoms. The number of carbonyl (C=O) groups is 2. The Morgan fingerprint density at radius 3 is 2.43 bits per heavy atom. The van der Waals surface area contributed by atoms with E-state index in [1.54, 1.807) is 33.2 Å². The number of carbonyl (C=O) groups excluding carboxylic acids is 2. The number of para-hydroxylation sites is 1. The van der Waals surface area contributed by atoms with Crippen LogP contribution in [0.4, 0.5) is 18.9 Å². The number of rotatable bonds is 7. The molecule has 5 rings (SSSR count). The maximum absolute atomic E-state index is 13.9. The van der Waals surface area contributed by atoms with Crippen molar-refractivity contribution < 1.29 is 27.5 Å². The number of likely N-dealkylation sites (tertiary alicyclic amines) is 1. The molecule has 0 radical (unpaired) electrons. The molecule has 3 atom stereocenters. The second kappa shape index (κ2) is 11.0. The van der Waals surface area contributed by atoms with Gasteiger partial charge in [0.2, 0.25) is 11.8 Å². The van der Waals surface area contributed by atoms with Crippen LogP contribution in [0.25, 0.3) is 16.7 Å². The van der Waals surface area contributed by atoms with Gasteiger partial charge in [0, 0.05) is 23.9 Å². The molecule has 0 unspecified atom stereocenters. The van der Waals surface area contributed by atoms with E-state index in [9.17, 15) is 22.8 Å². The predicted octanol–water partition coefficient (Wildman–Crippen LogP) is 5.40. The van der Waals surface area contributed by atoms with Gasteiger partial charge in [0.25, 0.3) is 0 Å². The Bertz CT molecular complexity index is 1600. The summed E-state index contributed by atoms with van der Waals surface area (Å²) in [5.41, 5.74) is 6.85. The molecule has 3 N–H and O–H groups in total. The fraction of sp³-hybridized carbons (Fsp3) is 0.323. The quantitative estimate of drug-likeness (QED) is 0.305. The van der Waals surface area contributed by atoms with Crippen molar-refractivity contribution in [1.82, 2.24) is 14.5 Å². The summed E-state index contributed by atoms with van der Waals surface area (Å²) in [5.74, 6) is -0.594. The molecule has 42 heavy (non-hydrogen) atoms. The second-order valence-corrected chi connectivity index (χ2v) is 11.5. The van der Waals surface area contributed by atoms with E-state index in [1.807, 2.05) is 47.0 Å². The number of ether oxygens (including phenoxy) is 1. The molecule has 2 heterocycles. The van der Waals surface area contributed by atoms with Crippen molar-refractivity contribution in [2.24, 2.45) is 11.1 Å². The van der Waals surface area contributed by atoms with E-state index in [0.717, 1.165) is 28.9 Å².